The molecule has 33 heavy (non-hydrogen) atoms. The quantitative estimate of drug-likeness (QED) is 0.636. The van der Waals surface area contributed by atoms with Crippen molar-refractivity contribution in [2.45, 2.75) is 56.5 Å². The van der Waals surface area contributed by atoms with Gasteiger partial charge >= 0.3 is 0 Å². The lowest BCUT2D eigenvalue weighted by atomic mass is 9.93. The highest BCUT2D eigenvalue weighted by molar-refractivity contribution is 5.86. The molecule has 5 heterocycles. The van der Waals surface area contributed by atoms with Crippen molar-refractivity contribution in [3.63, 3.8) is 0 Å². The number of piperidine rings is 1. The Hall–Kier alpha value is -3.20. The van der Waals surface area contributed by atoms with Crippen LogP contribution in [0.15, 0.2) is 41.6 Å². The molecule has 1 N–H and O–H groups in total. The molecule has 9 nitrogen and oxygen atoms in total. The number of anilines is 2. The maximum Gasteiger partial charge on any atom is 0.269 e. The molecule has 0 radical (unpaired) electrons. The fraction of sp³-hybridized carbons (Fsp3) is 0.500. The van der Waals surface area contributed by atoms with Crippen molar-refractivity contribution in [1.29, 1.82) is 0 Å². The molecule has 2 bridgehead atoms. The van der Waals surface area contributed by atoms with Crippen LogP contribution < -0.4 is 20.5 Å². The van der Waals surface area contributed by atoms with Gasteiger partial charge in [-0.2, -0.15) is 0 Å². The second-order valence-electron chi connectivity index (χ2n) is 9.30. The highest BCUT2D eigenvalue weighted by Gasteiger charge is 2.38. The number of nitrogens with zero attached hydrogens (tertiary/aromatic N) is 5. The van der Waals surface area contributed by atoms with Crippen molar-refractivity contribution < 1.29 is 9.47 Å². The van der Waals surface area contributed by atoms with Gasteiger partial charge in [0.05, 0.1) is 30.0 Å². The fourth-order valence-corrected chi connectivity index (χ4v) is 5.24. The average molecular weight is 449 g/mol. The molecule has 2 atom stereocenters. The molecule has 0 amide bonds. The topological polar surface area (TPSA) is 94.4 Å². The first-order valence-corrected chi connectivity index (χ1v) is 11.7. The molecule has 2 unspecified atom stereocenters. The molecule has 2 aromatic heterocycles. The van der Waals surface area contributed by atoms with Crippen molar-refractivity contribution in [3.05, 3.63) is 47.1 Å². The van der Waals surface area contributed by atoms with E-state index in [1.807, 2.05) is 6.07 Å². The first kappa shape index (κ1) is 20.4. The highest BCUT2D eigenvalue weighted by Crippen LogP contribution is 2.36. The van der Waals surface area contributed by atoms with E-state index in [0.29, 0.717) is 24.2 Å². The summed E-state index contributed by atoms with van der Waals surface area (Å²) in [4.78, 5) is 27.7. The van der Waals surface area contributed by atoms with Crippen molar-refractivity contribution >= 4 is 22.7 Å². The highest BCUT2D eigenvalue weighted by atomic mass is 16.5. The number of aryl methyl sites for hydroxylation is 1. The van der Waals surface area contributed by atoms with Gasteiger partial charge in [0, 0.05) is 56.7 Å². The van der Waals surface area contributed by atoms with Crippen LogP contribution in [0.1, 0.15) is 32.1 Å². The standard InChI is InChI=1S/C24H28N6O3/c1-29-22(31)12-27-20-9-16(30-13-18-11-19(14-30)32-18)10-21(23(20)29)33-17-5-3-15(4-6-17)28-24-25-7-2-8-26-24/h2,7-10,12,15,17-19H,3-6,11,13-14H2,1H3,(H,25,26,28). The van der Waals surface area contributed by atoms with Gasteiger partial charge in [0.25, 0.3) is 5.56 Å². The molecule has 3 saturated heterocycles. The molecule has 3 aliphatic heterocycles. The number of morpholine rings is 1. The zero-order valence-electron chi connectivity index (χ0n) is 18.7. The lowest BCUT2D eigenvalue weighted by Crippen LogP contribution is -2.57. The number of benzene rings is 1. The van der Waals surface area contributed by atoms with Gasteiger partial charge in [0.2, 0.25) is 5.95 Å². The van der Waals surface area contributed by atoms with E-state index < -0.39 is 0 Å². The van der Waals surface area contributed by atoms with Crippen molar-refractivity contribution in [2.24, 2.45) is 7.05 Å². The number of nitrogens with one attached hydrogen (secondary N) is 1. The molecule has 1 saturated carbocycles. The van der Waals surface area contributed by atoms with E-state index in [2.05, 4.69) is 37.3 Å². The predicted octanol–water partition coefficient (Wildman–Crippen LogP) is 2.50. The largest absolute Gasteiger partial charge is 0.488 e. The van der Waals surface area contributed by atoms with E-state index in [0.717, 1.165) is 67.7 Å². The minimum Gasteiger partial charge on any atom is -0.488 e. The number of fused-ring (bicyclic) bond motifs is 3. The van der Waals surface area contributed by atoms with Gasteiger partial charge in [-0.15, -0.1) is 0 Å². The lowest BCUT2D eigenvalue weighted by Gasteiger charge is -2.48. The summed E-state index contributed by atoms with van der Waals surface area (Å²) in [5.74, 6) is 1.41. The van der Waals surface area contributed by atoms with E-state index in [9.17, 15) is 4.79 Å². The average Bonchev–Trinajstić information content (AvgIpc) is 2.83. The van der Waals surface area contributed by atoms with Crippen LogP contribution in [0, 0.1) is 0 Å². The minimum absolute atomic E-state index is 0.0894. The van der Waals surface area contributed by atoms with E-state index in [4.69, 9.17) is 9.47 Å². The van der Waals surface area contributed by atoms with Crippen LogP contribution in [0.25, 0.3) is 11.0 Å². The van der Waals surface area contributed by atoms with Gasteiger partial charge in [-0.05, 0) is 37.8 Å². The third-order valence-corrected chi connectivity index (χ3v) is 7.01. The Labute approximate surface area is 191 Å². The smallest absolute Gasteiger partial charge is 0.269 e. The van der Waals surface area contributed by atoms with Gasteiger partial charge in [0.1, 0.15) is 11.3 Å². The maximum absolute atomic E-state index is 12.3. The monoisotopic (exact) mass is 448 g/mol. The van der Waals surface area contributed by atoms with E-state index in [1.54, 1.807) is 24.0 Å². The van der Waals surface area contributed by atoms with E-state index >= 15 is 0 Å². The molecule has 172 valence electrons. The van der Waals surface area contributed by atoms with Crippen molar-refractivity contribution in [1.82, 2.24) is 19.5 Å². The Morgan fingerprint density at radius 3 is 2.52 bits per heavy atom. The Balaban J connectivity index is 1.23. The summed E-state index contributed by atoms with van der Waals surface area (Å²) in [5.41, 5.74) is 2.48. The van der Waals surface area contributed by atoms with Crippen LogP contribution >= 0.6 is 0 Å². The number of ether oxygens (including phenoxy) is 2. The van der Waals surface area contributed by atoms with E-state index in [-0.39, 0.29) is 11.7 Å². The third kappa shape index (κ3) is 4.01. The van der Waals surface area contributed by atoms with Gasteiger partial charge in [-0.3, -0.25) is 4.79 Å². The summed E-state index contributed by atoms with van der Waals surface area (Å²) < 4.78 is 14.0. The lowest BCUT2D eigenvalue weighted by molar-refractivity contribution is -0.133. The molecule has 3 aromatic rings. The van der Waals surface area contributed by atoms with Crippen molar-refractivity contribution in [2.75, 3.05) is 23.3 Å². The van der Waals surface area contributed by atoms with Crippen LogP contribution in [0.3, 0.4) is 0 Å². The Morgan fingerprint density at radius 2 is 1.79 bits per heavy atom. The molecule has 9 heteroatoms. The summed E-state index contributed by atoms with van der Waals surface area (Å²) in [6.45, 7) is 1.76. The summed E-state index contributed by atoms with van der Waals surface area (Å²) in [6, 6.07) is 6.29. The summed E-state index contributed by atoms with van der Waals surface area (Å²) in [7, 11) is 1.78. The van der Waals surface area contributed by atoms with Gasteiger partial charge < -0.3 is 24.3 Å². The van der Waals surface area contributed by atoms with Crippen LogP contribution in [0.4, 0.5) is 11.6 Å². The summed E-state index contributed by atoms with van der Waals surface area (Å²) in [6.07, 6.45) is 10.5. The molecular formula is C24H28N6O3. The number of hydrogen-bond acceptors (Lipinski definition) is 8. The third-order valence-electron chi connectivity index (χ3n) is 7.01. The van der Waals surface area contributed by atoms with Crippen LogP contribution in [-0.2, 0) is 11.8 Å². The Kier molecular flexibility index (Phi) is 5.13. The minimum atomic E-state index is -0.136. The van der Waals surface area contributed by atoms with Gasteiger partial charge in [0.15, 0.2) is 0 Å². The zero-order valence-corrected chi connectivity index (χ0v) is 18.7. The molecule has 4 aliphatic rings. The van der Waals surface area contributed by atoms with Gasteiger partial charge in [-0.25, -0.2) is 15.0 Å². The second-order valence-corrected chi connectivity index (χ2v) is 9.30. The summed E-state index contributed by atoms with van der Waals surface area (Å²) in [5, 5.41) is 3.42. The molecule has 1 aromatic carbocycles. The Bertz CT molecular complexity index is 1190. The predicted molar refractivity (Wildman–Crippen MR) is 125 cm³/mol. The van der Waals surface area contributed by atoms with E-state index in [1.165, 1.54) is 6.20 Å². The van der Waals surface area contributed by atoms with Crippen LogP contribution in [-0.4, -0.2) is 57.0 Å². The SMILES string of the molecule is Cn1c(=O)cnc2cc(N3CC4CC(C3)O4)cc(OC3CCC(Nc4ncccn4)CC3)c21. The first-order valence-electron chi connectivity index (χ1n) is 11.7. The molecule has 0 spiro atoms. The number of rotatable bonds is 5. The maximum atomic E-state index is 12.3. The number of aromatic nitrogens is 4. The van der Waals surface area contributed by atoms with Crippen molar-refractivity contribution in [3.8, 4) is 5.75 Å². The molecule has 1 aliphatic carbocycles. The zero-order chi connectivity index (χ0) is 22.4. The normalized spacial score (nSPS) is 26.6. The van der Waals surface area contributed by atoms with Gasteiger partial charge in [-0.1, -0.05) is 0 Å². The fourth-order valence-electron chi connectivity index (χ4n) is 5.24. The first-order chi connectivity index (χ1) is 16.1. The molecule has 4 fully saturated rings. The summed E-state index contributed by atoms with van der Waals surface area (Å²) >= 11 is 0. The van der Waals surface area contributed by atoms with Crippen LogP contribution in [0.2, 0.25) is 0 Å². The van der Waals surface area contributed by atoms with Crippen LogP contribution in [0.5, 0.6) is 5.75 Å². The molecular weight excluding hydrogens is 420 g/mol. The number of hydrogen-bond donors (Lipinski definition) is 1. The molecule has 7 rings (SSSR count). The second kappa shape index (κ2) is 8.30. The Morgan fingerprint density at radius 1 is 1.06 bits per heavy atom.